The Balaban J connectivity index is 1.39. The molecule has 1 amide bonds. The van der Waals surface area contributed by atoms with E-state index in [0.717, 1.165) is 32.9 Å². The summed E-state index contributed by atoms with van der Waals surface area (Å²) in [4.78, 5) is 33.8. The first-order valence-corrected chi connectivity index (χ1v) is 9.90. The van der Waals surface area contributed by atoms with Crippen LogP contribution in [0.5, 0.6) is 0 Å². The minimum absolute atomic E-state index is 0.281. The number of para-hydroxylation sites is 1. The topological polar surface area (TPSA) is 69.0 Å². The number of rotatable bonds is 3. The molecule has 150 valence electrons. The summed E-state index contributed by atoms with van der Waals surface area (Å²) >= 11 is 0. The van der Waals surface area contributed by atoms with Gasteiger partial charge in [0.1, 0.15) is 5.82 Å². The molecule has 4 aromatic rings. The van der Waals surface area contributed by atoms with Gasteiger partial charge >= 0.3 is 0 Å². The van der Waals surface area contributed by atoms with E-state index in [0.29, 0.717) is 30.8 Å². The average Bonchev–Trinajstić information content (AvgIpc) is 3.32. The van der Waals surface area contributed by atoms with Gasteiger partial charge in [0, 0.05) is 52.3 Å². The number of carbonyl (C=O) groups is 2. The van der Waals surface area contributed by atoms with Gasteiger partial charge in [-0.15, -0.1) is 0 Å². The van der Waals surface area contributed by atoms with E-state index < -0.39 is 11.7 Å². The normalized spacial score (nSPS) is 14.3. The number of amides is 1. The van der Waals surface area contributed by atoms with Crippen LogP contribution in [0.2, 0.25) is 0 Å². The van der Waals surface area contributed by atoms with Crippen LogP contribution in [0.3, 0.4) is 0 Å². The lowest BCUT2D eigenvalue weighted by Crippen LogP contribution is -2.39. The molecule has 1 aliphatic rings. The Morgan fingerprint density at radius 1 is 1.07 bits per heavy atom. The minimum Gasteiger partial charge on any atom is -0.360 e. The van der Waals surface area contributed by atoms with Crippen molar-refractivity contribution in [2.24, 2.45) is 0 Å². The van der Waals surface area contributed by atoms with Crippen molar-refractivity contribution in [3.63, 3.8) is 0 Å². The molecular weight excluding hydrogens is 381 g/mol. The van der Waals surface area contributed by atoms with Gasteiger partial charge in [0.05, 0.1) is 5.56 Å². The summed E-state index contributed by atoms with van der Waals surface area (Å²) in [7, 11) is 0. The maximum absolute atomic E-state index is 13.4. The molecule has 5 nitrogen and oxygen atoms in total. The van der Waals surface area contributed by atoms with Crippen molar-refractivity contribution in [1.82, 2.24) is 14.9 Å². The van der Waals surface area contributed by atoms with Crippen LogP contribution in [0.4, 0.5) is 4.39 Å². The van der Waals surface area contributed by atoms with Gasteiger partial charge in [-0.2, -0.15) is 0 Å². The number of halogens is 1. The third-order valence-corrected chi connectivity index (χ3v) is 5.80. The molecule has 5 rings (SSSR count). The van der Waals surface area contributed by atoms with Crippen LogP contribution in [0.25, 0.3) is 27.4 Å². The van der Waals surface area contributed by atoms with E-state index in [4.69, 9.17) is 0 Å². The fraction of sp³-hybridized carbons (Fsp3) is 0.167. The van der Waals surface area contributed by atoms with Gasteiger partial charge in [0.2, 0.25) is 0 Å². The minimum atomic E-state index is -0.487. The molecule has 0 saturated carbocycles. The summed E-state index contributed by atoms with van der Waals surface area (Å²) in [5.74, 6) is -1.25. The van der Waals surface area contributed by atoms with E-state index >= 15 is 0 Å². The molecule has 0 aliphatic carbocycles. The largest absolute Gasteiger partial charge is 0.360 e. The number of carbonyl (C=O) groups excluding carboxylic acids is 2. The lowest BCUT2D eigenvalue weighted by atomic mass is 9.98. The SMILES string of the molecule is Cc1[nH]c2ccccc2c1C(=O)C(=O)N1CC=C(c2c[nH]c3cc(F)ccc23)CC1. The second-order valence-corrected chi connectivity index (χ2v) is 7.62. The van der Waals surface area contributed by atoms with E-state index in [-0.39, 0.29) is 5.82 Å². The van der Waals surface area contributed by atoms with Crippen LogP contribution in [0.15, 0.2) is 54.7 Å². The van der Waals surface area contributed by atoms with Gasteiger partial charge in [-0.1, -0.05) is 24.3 Å². The number of benzene rings is 2. The number of hydrogen-bond donors (Lipinski definition) is 2. The lowest BCUT2D eigenvalue weighted by Gasteiger charge is -2.26. The van der Waals surface area contributed by atoms with Gasteiger partial charge < -0.3 is 14.9 Å². The zero-order valence-corrected chi connectivity index (χ0v) is 16.5. The fourth-order valence-corrected chi connectivity index (χ4v) is 4.28. The van der Waals surface area contributed by atoms with Crippen molar-refractivity contribution in [2.45, 2.75) is 13.3 Å². The van der Waals surface area contributed by atoms with Crippen molar-refractivity contribution in [3.05, 3.63) is 77.4 Å². The summed E-state index contributed by atoms with van der Waals surface area (Å²) in [5.41, 5.74) is 4.85. The highest BCUT2D eigenvalue weighted by Crippen LogP contribution is 2.30. The van der Waals surface area contributed by atoms with Crippen molar-refractivity contribution >= 4 is 39.1 Å². The Bertz CT molecular complexity index is 1350. The van der Waals surface area contributed by atoms with Crippen molar-refractivity contribution in [3.8, 4) is 0 Å². The monoisotopic (exact) mass is 401 g/mol. The van der Waals surface area contributed by atoms with Crippen LogP contribution >= 0.6 is 0 Å². The molecule has 2 N–H and O–H groups in total. The van der Waals surface area contributed by atoms with Crippen LogP contribution in [0, 0.1) is 12.7 Å². The van der Waals surface area contributed by atoms with Crippen molar-refractivity contribution in [2.75, 3.05) is 13.1 Å². The summed E-state index contributed by atoms with van der Waals surface area (Å²) in [5, 5.41) is 1.72. The van der Waals surface area contributed by atoms with Gasteiger partial charge in [0.25, 0.3) is 11.7 Å². The second kappa shape index (κ2) is 6.99. The molecule has 30 heavy (non-hydrogen) atoms. The van der Waals surface area contributed by atoms with E-state index in [1.54, 1.807) is 11.0 Å². The highest BCUT2D eigenvalue weighted by Gasteiger charge is 2.28. The van der Waals surface area contributed by atoms with Gasteiger partial charge in [-0.05, 0) is 43.2 Å². The van der Waals surface area contributed by atoms with E-state index in [1.807, 2.05) is 43.5 Å². The van der Waals surface area contributed by atoms with Gasteiger partial charge in [0.15, 0.2) is 0 Å². The van der Waals surface area contributed by atoms with E-state index in [1.165, 1.54) is 12.1 Å². The number of ketones is 1. The number of aromatic nitrogens is 2. The number of hydrogen-bond acceptors (Lipinski definition) is 2. The lowest BCUT2D eigenvalue weighted by molar-refractivity contribution is -0.126. The molecule has 0 spiro atoms. The number of Topliss-reactive ketones (excluding diaryl/α,β-unsaturated/α-hetero) is 1. The molecule has 2 aromatic heterocycles. The zero-order valence-electron chi connectivity index (χ0n) is 16.5. The third kappa shape index (κ3) is 2.92. The first kappa shape index (κ1) is 18.4. The molecular formula is C24H20FN3O2. The summed E-state index contributed by atoms with van der Waals surface area (Å²) < 4.78 is 13.4. The smallest absolute Gasteiger partial charge is 0.295 e. The number of aromatic amines is 2. The van der Waals surface area contributed by atoms with Gasteiger partial charge in [-0.25, -0.2) is 4.39 Å². The molecule has 0 saturated heterocycles. The maximum Gasteiger partial charge on any atom is 0.295 e. The molecule has 1 aliphatic heterocycles. The predicted octanol–water partition coefficient (Wildman–Crippen LogP) is 4.60. The highest BCUT2D eigenvalue weighted by molar-refractivity contribution is 6.45. The number of H-pyrrole nitrogens is 2. The Kier molecular flexibility index (Phi) is 4.28. The molecule has 0 atom stereocenters. The quantitative estimate of drug-likeness (QED) is 0.389. The predicted molar refractivity (Wildman–Crippen MR) is 115 cm³/mol. The fourth-order valence-electron chi connectivity index (χ4n) is 4.28. The van der Waals surface area contributed by atoms with Crippen molar-refractivity contribution in [1.29, 1.82) is 0 Å². The summed E-state index contributed by atoms with van der Waals surface area (Å²) in [6, 6.07) is 12.2. The number of nitrogens with zero attached hydrogens (tertiary/aromatic N) is 1. The third-order valence-electron chi connectivity index (χ3n) is 5.80. The molecule has 6 heteroatoms. The van der Waals surface area contributed by atoms with E-state index in [9.17, 15) is 14.0 Å². The Hall–Kier alpha value is -3.67. The number of nitrogens with one attached hydrogen (secondary N) is 2. The number of fused-ring (bicyclic) bond motifs is 2. The van der Waals surface area contributed by atoms with Crippen LogP contribution in [-0.4, -0.2) is 39.6 Å². The van der Waals surface area contributed by atoms with Crippen molar-refractivity contribution < 1.29 is 14.0 Å². The highest BCUT2D eigenvalue weighted by atomic mass is 19.1. The first-order chi connectivity index (χ1) is 14.5. The second-order valence-electron chi connectivity index (χ2n) is 7.62. The van der Waals surface area contributed by atoms with E-state index in [2.05, 4.69) is 9.97 Å². The molecule has 0 radical (unpaired) electrons. The average molecular weight is 401 g/mol. The summed E-state index contributed by atoms with van der Waals surface area (Å²) in [6.45, 7) is 2.65. The zero-order chi connectivity index (χ0) is 20.8. The molecule has 0 unspecified atom stereocenters. The maximum atomic E-state index is 13.4. The van der Waals surface area contributed by atoms with Crippen LogP contribution < -0.4 is 0 Å². The Morgan fingerprint density at radius 2 is 1.90 bits per heavy atom. The molecule has 3 heterocycles. The number of aryl methyl sites for hydroxylation is 1. The molecule has 0 bridgehead atoms. The van der Waals surface area contributed by atoms with Crippen LogP contribution in [-0.2, 0) is 4.79 Å². The first-order valence-electron chi connectivity index (χ1n) is 9.90. The molecule has 2 aromatic carbocycles. The van der Waals surface area contributed by atoms with Crippen LogP contribution in [0.1, 0.15) is 28.0 Å². The molecule has 0 fully saturated rings. The Labute approximate surface area is 172 Å². The summed E-state index contributed by atoms with van der Waals surface area (Å²) in [6.07, 6.45) is 4.48. The standard InChI is InChI=1S/C24H20FN3O2/c1-14-22(18-4-2-3-5-20(18)27-14)23(29)24(30)28-10-8-15(9-11-28)19-13-26-21-12-16(25)6-7-17(19)21/h2-8,12-13,26-27H,9-11H2,1H3. The Morgan fingerprint density at radius 3 is 2.70 bits per heavy atom. The van der Waals surface area contributed by atoms with Gasteiger partial charge in [-0.3, -0.25) is 9.59 Å².